The van der Waals surface area contributed by atoms with Gasteiger partial charge in [0.2, 0.25) is 5.91 Å². The van der Waals surface area contributed by atoms with Crippen molar-refractivity contribution in [3.05, 3.63) is 76.3 Å². The summed E-state index contributed by atoms with van der Waals surface area (Å²) in [6.45, 7) is 0.695. The van der Waals surface area contributed by atoms with Crippen LogP contribution in [0.3, 0.4) is 0 Å². The van der Waals surface area contributed by atoms with Gasteiger partial charge in [-0.05, 0) is 37.0 Å². The Morgan fingerprint density at radius 2 is 1.82 bits per heavy atom. The molecule has 0 spiro atoms. The van der Waals surface area contributed by atoms with Gasteiger partial charge >= 0.3 is 0 Å². The Labute approximate surface area is 164 Å². The lowest BCUT2D eigenvalue weighted by molar-refractivity contribution is -0.121. The van der Waals surface area contributed by atoms with E-state index in [1.165, 1.54) is 12.0 Å². The number of benzene rings is 2. The first-order valence-corrected chi connectivity index (χ1v) is 9.96. The molecule has 0 atom stereocenters. The van der Waals surface area contributed by atoms with Crippen LogP contribution in [0.1, 0.15) is 43.5 Å². The number of para-hydroxylation sites is 1. The summed E-state index contributed by atoms with van der Waals surface area (Å²) in [4.78, 5) is 31.8. The van der Waals surface area contributed by atoms with Gasteiger partial charge in [0.1, 0.15) is 5.82 Å². The molecular formula is C23H25N3O2. The highest BCUT2D eigenvalue weighted by Crippen LogP contribution is 2.43. The number of aromatic nitrogens is 2. The number of aryl methyl sites for hydroxylation is 1. The standard InChI is InChI=1S/C23H25N3O2/c27-21(24-16-23(14-7-15-23)17-8-2-1-3-9-17)13-6-12-20-25-19-11-5-4-10-18(19)22(28)26-20/h1-5,8-11H,6-7,12-16H2,(H,24,27)(H,25,26,28). The van der Waals surface area contributed by atoms with Gasteiger partial charge in [0.05, 0.1) is 10.9 Å². The second-order valence-corrected chi connectivity index (χ2v) is 7.66. The topological polar surface area (TPSA) is 74.8 Å². The van der Waals surface area contributed by atoms with Crippen molar-refractivity contribution in [3.63, 3.8) is 0 Å². The summed E-state index contributed by atoms with van der Waals surface area (Å²) < 4.78 is 0. The van der Waals surface area contributed by atoms with E-state index in [1.54, 1.807) is 6.07 Å². The van der Waals surface area contributed by atoms with Gasteiger partial charge in [-0.25, -0.2) is 4.98 Å². The molecule has 1 fully saturated rings. The zero-order valence-corrected chi connectivity index (χ0v) is 15.9. The molecule has 28 heavy (non-hydrogen) atoms. The Kier molecular flexibility index (Phi) is 5.24. The molecule has 3 aromatic rings. The Morgan fingerprint density at radius 1 is 1.07 bits per heavy atom. The molecular weight excluding hydrogens is 350 g/mol. The normalized spacial score (nSPS) is 15.1. The van der Waals surface area contributed by atoms with Crippen molar-refractivity contribution in [1.82, 2.24) is 15.3 Å². The maximum Gasteiger partial charge on any atom is 0.258 e. The van der Waals surface area contributed by atoms with E-state index in [4.69, 9.17) is 0 Å². The van der Waals surface area contributed by atoms with Crippen LogP contribution in [0.4, 0.5) is 0 Å². The van der Waals surface area contributed by atoms with E-state index >= 15 is 0 Å². The summed E-state index contributed by atoms with van der Waals surface area (Å²) in [5.41, 5.74) is 1.99. The molecule has 2 N–H and O–H groups in total. The second-order valence-electron chi connectivity index (χ2n) is 7.66. The van der Waals surface area contributed by atoms with E-state index in [1.807, 2.05) is 24.3 Å². The number of nitrogens with one attached hydrogen (secondary N) is 2. The number of rotatable bonds is 7. The number of aromatic amines is 1. The Morgan fingerprint density at radius 3 is 2.57 bits per heavy atom. The van der Waals surface area contributed by atoms with Crippen molar-refractivity contribution in [2.75, 3.05) is 6.54 Å². The zero-order valence-electron chi connectivity index (χ0n) is 15.9. The van der Waals surface area contributed by atoms with E-state index in [9.17, 15) is 9.59 Å². The fourth-order valence-electron chi connectivity index (χ4n) is 3.99. The number of hydrogen-bond acceptors (Lipinski definition) is 3. The number of H-pyrrole nitrogens is 1. The number of carbonyl (C=O) groups excluding carboxylic acids is 1. The Hall–Kier alpha value is -2.95. The zero-order chi connectivity index (χ0) is 19.4. The summed E-state index contributed by atoms with van der Waals surface area (Å²) in [7, 11) is 0. The van der Waals surface area contributed by atoms with Gasteiger partial charge in [0, 0.05) is 24.8 Å². The van der Waals surface area contributed by atoms with Crippen LogP contribution < -0.4 is 10.9 Å². The molecule has 0 saturated heterocycles. The predicted octanol–water partition coefficient (Wildman–Crippen LogP) is 3.48. The minimum atomic E-state index is -0.125. The first-order valence-electron chi connectivity index (χ1n) is 9.96. The maximum atomic E-state index is 12.3. The largest absolute Gasteiger partial charge is 0.355 e. The van der Waals surface area contributed by atoms with Crippen LogP contribution in [-0.2, 0) is 16.6 Å². The van der Waals surface area contributed by atoms with Crippen LogP contribution in [0.2, 0.25) is 0 Å². The predicted molar refractivity (Wildman–Crippen MR) is 110 cm³/mol. The lowest BCUT2D eigenvalue weighted by Gasteiger charge is -2.42. The average molecular weight is 375 g/mol. The van der Waals surface area contributed by atoms with Crippen LogP contribution in [-0.4, -0.2) is 22.4 Å². The van der Waals surface area contributed by atoms with E-state index in [0.717, 1.165) is 12.8 Å². The average Bonchev–Trinajstić information content (AvgIpc) is 2.68. The number of nitrogens with zero attached hydrogens (tertiary/aromatic N) is 1. The maximum absolute atomic E-state index is 12.3. The molecule has 0 aliphatic heterocycles. The quantitative estimate of drug-likeness (QED) is 0.664. The highest BCUT2D eigenvalue weighted by Gasteiger charge is 2.38. The molecule has 5 heteroatoms. The van der Waals surface area contributed by atoms with Crippen LogP contribution in [0.15, 0.2) is 59.4 Å². The van der Waals surface area contributed by atoms with Gasteiger partial charge in [-0.2, -0.15) is 0 Å². The van der Waals surface area contributed by atoms with Crippen molar-refractivity contribution >= 4 is 16.8 Å². The van der Waals surface area contributed by atoms with Gasteiger partial charge in [-0.15, -0.1) is 0 Å². The van der Waals surface area contributed by atoms with E-state index < -0.39 is 0 Å². The second kappa shape index (κ2) is 7.97. The van der Waals surface area contributed by atoms with Crippen LogP contribution in [0.5, 0.6) is 0 Å². The molecule has 1 aliphatic rings. The molecule has 0 unspecified atom stereocenters. The van der Waals surface area contributed by atoms with Crippen LogP contribution in [0, 0.1) is 0 Å². The molecule has 2 aromatic carbocycles. The fourth-order valence-corrected chi connectivity index (χ4v) is 3.99. The van der Waals surface area contributed by atoms with Crippen molar-refractivity contribution in [2.45, 2.75) is 43.9 Å². The summed E-state index contributed by atoms with van der Waals surface area (Å²) in [6, 6.07) is 17.8. The van der Waals surface area contributed by atoms with Gasteiger partial charge < -0.3 is 10.3 Å². The summed E-state index contributed by atoms with van der Waals surface area (Å²) >= 11 is 0. The number of hydrogen-bond donors (Lipinski definition) is 2. The summed E-state index contributed by atoms with van der Waals surface area (Å²) in [6.07, 6.45) is 5.13. The molecule has 1 aliphatic carbocycles. The number of fused-ring (bicyclic) bond motifs is 1. The smallest absolute Gasteiger partial charge is 0.258 e. The molecule has 0 bridgehead atoms. The molecule has 1 amide bonds. The fraction of sp³-hybridized carbons (Fsp3) is 0.348. The molecule has 0 radical (unpaired) electrons. The summed E-state index contributed by atoms with van der Waals surface area (Å²) in [5.74, 6) is 0.696. The third-order valence-corrected chi connectivity index (χ3v) is 5.80. The Balaban J connectivity index is 1.30. The lowest BCUT2D eigenvalue weighted by Crippen LogP contribution is -2.45. The number of carbonyl (C=O) groups is 1. The highest BCUT2D eigenvalue weighted by molar-refractivity contribution is 5.77. The number of amides is 1. The van der Waals surface area contributed by atoms with Crippen molar-refractivity contribution < 1.29 is 4.79 Å². The third-order valence-electron chi connectivity index (χ3n) is 5.80. The van der Waals surface area contributed by atoms with Gasteiger partial charge in [0.25, 0.3) is 5.56 Å². The van der Waals surface area contributed by atoms with Crippen molar-refractivity contribution in [1.29, 1.82) is 0 Å². The van der Waals surface area contributed by atoms with Crippen molar-refractivity contribution in [3.8, 4) is 0 Å². The summed E-state index contributed by atoms with van der Waals surface area (Å²) in [5, 5.41) is 3.71. The molecule has 1 saturated carbocycles. The first-order chi connectivity index (χ1) is 13.7. The molecule has 144 valence electrons. The van der Waals surface area contributed by atoms with Gasteiger partial charge in [-0.3, -0.25) is 9.59 Å². The molecule has 1 aromatic heterocycles. The van der Waals surface area contributed by atoms with Gasteiger partial charge in [-0.1, -0.05) is 48.9 Å². The lowest BCUT2D eigenvalue weighted by atomic mass is 9.64. The highest BCUT2D eigenvalue weighted by atomic mass is 16.1. The molecule has 4 rings (SSSR count). The monoisotopic (exact) mass is 375 g/mol. The van der Waals surface area contributed by atoms with E-state index in [0.29, 0.717) is 42.5 Å². The Bertz CT molecular complexity index is 1020. The SMILES string of the molecule is O=C(CCCc1nc2ccccc2c(=O)[nH]1)NCC1(c2ccccc2)CCC1. The molecule has 1 heterocycles. The van der Waals surface area contributed by atoms with Crippen molar-refractivity contribution in [2.24, 2.45) is 0 Å². The van der Waals surface area contributed by atoms with E-state index in [-0.39, 0.29) is 16.9 Å². The van der Waals surface area contributed by atoms with Crippen LogP contribution >= 0.6 is 0 Å². The minimum absolute atomic E-state index is 0.0605. The van der Waals surface area contributed by atoms with E-state index in [2.05, 4.69) is 39.6 Å². The van der Waals surface area contributed by atoms with Gasteiger partial charge in [0.15, 0.2) is 0 Å². The third kappa shape index (κ3) is 3.84. The van der Waals surface area contributed by atoms with Crippen LogP contribution in [0.25, 0.3) is 10.9 Å². The molecule has 5 nitrogen and oxygen atoms in total. The minimum Gasteiger partial charge on any atom is -0.355 e. The first kappa shape index (κ1) is 18.4.